The van der Waals surface area contributed by atoms with Gasteiger partial charge in [0.25, 0.3) is 5.91 Å². The van der Waals surface area contributed by atoms with Crippen LogP contribution in [0.4, 0.5) is 5.00 Å². The van der Waals surface area contributed by atoms with Crippen molar-refractivity contribution in [2.24, 2.45) is 5.73 Å². The van der Waals surface area contributed by atoms with E-state index in [-0.39, 0.29) is 11.6 Å². The van der Waals surface area contributed by atoms with Crippen LogP contribution in [0.25, 0.3) is 0 Å². The second-order valence-electron chi connectivity index (χ2n) is 2.03. The summed E-state index contributed by atoms with van der Waals surface area (Å²) in [6.07, 6.45) is 0. The highest BCUT2D eigenvalue weighted by atomic mass is 32.1. The van der Waals surface area contributed by atoms with Gasteiger partial charge in [-0.25, -0.2) is 0 Å². The van der Waals surface area contributed by atoms with E-state index in [1.165, 1.54) is 0 Å². The largest absolute Gasteiger partial charge is 0.387 e. The second kappa shape index (κ2) is 3.98. The van der Waals surface area contributed by atoms with Crippen molar-refractivity contribution in [2.75, 3.05) is 18.8 Å². The van der Waals surface area contributed by atoms with Crippen LogP contribution in [-0.2, 0) is 0 Å². The van der Waals surface area contributed by atoms with Crippen LogP contribution in [0.1, 0.15) is 10.5 Å². The molecule has 0 radical (unpaired) electrons. The normalized spacial score (nSPS) is 9.75. The Balaban J connectivity index is 2.59. The van der Waals surface area contributed by atoms with Crippen molar-refractivity contribution in [3.8, 4) is 0 Å². The van der Waals surface area contributed by atoms with Crippen LogP contribution in [0.2, 0.25) is 0 Å². The fraction of sp³-hybridized carbons (Fsp3) is 0.400. The van der Waals surface area contributed by atoms with Gasteiger partial charge in [0.05, 0.1) is 0 Å². The first kappa shape index (κ1) is 8.88. The Bertz CT molecular complexity index is 273. The van der Waals surface area contributed by atoms with E-state index < -0.39 is 0 Å². The summed E-state index contributed by atoms with van der Waals surface area (Å²) in [5.41, 5.74) is 10.8. The first-order valence-corrected chi connectivity index (χ1v) is 4.09. The molecular formula is C5H9N5OS. The van der Waals surface area contributed by atoms with Crippen molar-refractivity contribution in [1.29, 1.82) is 0 Å². The zero-order valence-corrected chi connectivity index (χ0v) is 7.10. The first-order valence-electron chi connectivity index (χ1n) is 3.31. The Labute approximate surface area is 73.1 Å². The molecule has 0 aliphatic carbocycles. The fourth-order valence-electron chi connectivity index (χ4n) is 0.624. The molecule has 1 heterocycles. The van der Waals surface area contributed by atoms with Gasteiger partial charge in [-0.1, -0.05) is 4.49 Å². The number of hydrogen-bond acceptors (Lipinski definition) is 6. The third kappa shape index (κ3) is 1.89. The van der Waals surface area contributed by atoms with Crippen molar-refractivity contribution in [3.05, 3.63) is 5.69 Å². The number of rotatable bonds is 3. The maximum absolute atomic E-state index is 11.1. The maximum Gasteiger partial charge on any atom is 0.274 e. The molecular weight excluding hydrogens is 178 g/mol. The lowest BCUT2D eigenvalue weighted by atomic mass is 10.4. The Kier molecular flexibility index (Phi) is 2.94. The average molecular weight is 187 g/mol. The fourth-order valence-corrected chi connectivity index (χ4v) is 1.05. The molecule has 6 nitrogen and oxygen atoms in total. The summed E-state index contributed by atoms with van der Waals surface area (Å²) >= 11 is 0.991. The van der Waals surface area contributed by atoms with Gasteiger partial charge in [0.2, 0.25) is 0 Å². The highest BCUT2D eigenvalue weighted by Crippen LogP contribution is 2.11. The van der Waals surface area contributed by atoms with Crippen LogP contribution in [-0.4, -0.2) is 28.6 Å². The van der Waals surface area contributed by atoms with Gasteiger partial charge in [-0.05, 0) is 0 Å². The zero-order chi connectivity index (χ0) is 8.97. The lowest BCUT2D eigenvalue weighted by Crippen LogP contribution is -2.29. The number of hydrogen-bond donors (Lipinski definition) is 3. The summed E-state index contributed by atoms with van der Waals surface area (Å²) in [6.45, 7) is 0.805. The van der Waals surface area contributed by atoms with Crippen LogP contribution in [0.5, 0.6) is 0 Å². The Morgan fingerprint density at radius 2 is 2.42 bits per heavy atom. The van der Waals surface area contributed by atoms with E-state index in [4.69, 9.17) is 11.5 Å². The molecule has 7 heteroatoms. The number of nitrogens with zero attached hydrogens (tertiary/aromatic N) is 2. The Morgan fingerprint density at radius 3 is 2.92 bits per heavy atom. The van der Waals surface area contributed by atoms with Crippen LogP contribution in [0.15, 0.2) is 0 Å². The van der Waals surface area contributed by atoms with Crippen LogP contribution >= 0.6 is 11.5 Å². The molecule has 0 saturated heterocycles. The van der Waals surface area contributed by atoms with E-state index in [2.05, 4.69) is 14.9 Å². The summed E-state index contributed by atoms with van der Waals surface area (Å²) in [5.74, 6) is -0.327. The topological polar surface area (TPSA) is 107 Å². The molecule has 1 aromatic rings. The van der Waals surface area contributed by atoms with Gasteiger partial charge < -0.3 is 16.8 Å². The van der Waals surface area contributed by atoms with Gasteiger partial charge in [-0.15, -0.1) is 5.10 Å². The molecule has 5 N–H and O–H groups in total. The van der Waals surface area contributed by atoms with Gasteiger partial charge >= 0.3 is 0 Å². The molecule has 0 atom stereocenters. The monoisotopic (exact) mass is 187 g/mol. The highest BCUT2D eigenvalue weighted by Gasteiger charge is 2.12. The summed E-state index contributed by atoms with van der Waals surface area (Å²) in [6, 6.07) is 0. The standard InChI is InChI=1S/C5H9N5OS/c6-1-2-8-5(11)3-4(7)12-10-9-3/h1-2,6-7H2,(H,8,11). The minimum atomic E-state index is -0.327. The number of carbonyl (C=O) groups is 1. The van der Waals surface area contributed by atoms with Gasteiger partial charge in [0.15, 0.2) is 5.69 Å². The summed E-state index contributed by atoms with van der Waals surface area (Å²) in [7, 11) is 0. The van der Waals surface area contributed by atoms with E-state index in [0.717, 1.165) is 11.5 Å². The number of nitrogens with two attached hydrogens (primary N) is 2. The van der Waals surface area contributed by atoms with Gasteiger partial charge in [0.1, 0.15) is 5.00 Å². The van der Waals surface area contributed by atoms with Crippen molar-refractivity contribution in [1.82, 2.24) is 14.9 Å². The molecule has 1 rings (SSSR count). The molecule has 0 aliphatic rings. The predicted octanol–water partition coefficient (Wildman–Crippen LogP) is -1.19. The molecule has 0 fully saturated rings. The van der Waals surface area contributed by atoms with Gasteiger partial charge in [-0.3, -0.25) is 4.79 Å². The molecule has 0 spiro atoms. The van der Waals surface area contributed by atoms with E-state index in [0.29, 0.717) is 18.1 Å². The SMILES string of the molecule is NCCNC(=O)c1nnsc1N. The molecule has 12 heavy (non-hydrogen) atoms. The lowest BCUT2D eigenvalue weighted by molar-refractivity contribution is 0.0950. The van der Waals surface area contributed by atoms with Crippen LogP contribution in [0.3, 0.4) is 0 Å². The smallest absolute Gasteiger partial charge is 0.274 e. The minimum Gasteiger partial charge on any atom is -0.387 e. The number of nitrogen functional groups attached to an aromatic ring is 1. The van der Waals surface area contributed by atoms with Crippen LogP contribution < -0.4 is 16.8 Å². The zero-order valence-electron chi connectivity index (χ0n) is 6.28. The number of nitrogens with one attached hydrogen (secondary N) is 1. The highest BCUT2D eigenvalue weighted by molar-refractivity contribution is 7.10. The average Bonchev–Trinajstić information content (AvgIpc) is 2.47. The van der Waals surface area contributed by atoms with E-state index in [1.807, 2.05) is 0 Å². The van der Waals surface area contributed by atoms with Crippen molar-refractivity contribution in [3.63, 3.8) is 0 Å². The van der Waals surface area contributed by atoms with Crippen molar-refractivity contribution in [2.45, 2.75) is 0 Å². The number of carbonyl (C=O) groups excluding carboxylic acids is 1. The number of aromatic nitrogens is 2. The summed E-state index contributed by atoms with van der Waals surface area (Å²) in [4.78, 5) is 11.1. The Morgan fingerprint density at radius 1 is 1.67 bits per heavy atom. The van der Waals surface area contributed by atoms with Crippen molar-refractivity contribution < 1.29 is 4.79 Å². The summed E-state index contributed by atoms with van der Waals surface area (Å²) in [5, 5.41) is 6.42. The molecule has 0 saturated carbocycles. The molecule has 0 aliphatic heterocycles. The minimum absolute atomic E-state index is 0.174. The molecule has 0 bridgehead atoms. The van der Waals surface area contributed by atoms with E-state index in [1.54, 1.807) is 0 Å². The van der Waals surface area contributed by atoms with E-state index in [9.17, 15) is 4.79 Å². The molecule has 66 valence electrons. The molecule has 1 amide bonds. The van der Waals surface area contributed by atoms with Crippen LogP contribution in [0, 0.1) is 0 Å². The van der Waals surface area contributed by atoms with E-state index >= 15 is 0 Å². The summed E-state index contributed by atoms with van der Waals surface area (Å²) < 4.78 is 3.53. The molecule has 0 unspecified atom stereocenters. The van der Waals surface area contributed by atoms with Gasteiger partial charge in [0, 0.05) is 24.6 Å². The van der Waals surface area contributed by atoms with Crippen molar-refractivity contribution >= 4 is 22.4 Å². The first-order chi connectivity index (χ1) is 5.75. The third-order valence-electron chi connectivity index (χ3n) is 1.16. The second-order valence-corrected chi connectivity index (χ2v) is 2.82. The predicted molar refractivity (Wildman–Crippen MR) is 45.7 cm³/mol. The number of amides is 1. The molecule has 0 aromatic carbocycles. The molecule has 1 aromatic heterocycles. The lowest BCUT2D eigenvalue weighted by Gasteiger charge is -1.98. The third-order valence-corrected chi connectivity index (χ3v) is 1.71. The Hall–Kier alpha value is -1.21. The maximum atomic E-state index is 11.1. The number of anilines is 1. The quantitative estimate of drug-likeness (QED) is 0.551. The van der Waals surface area contributed by atoms with Gasteiger partial charge in [-0.2, -0.15) is 0 Å².